The lowest BCUT2D eigenvalue weighted by molar-refractivity contribution is -0.384. The second-order valence-electron chi connectivity index (χ2n) is 5.48. The van der Waals surface area contributed by atoms with Crippen LogP contribution in [-0.4, -0.2) is 11.0 Å². The predicted molar refractivity (Wildman–Crippen MR) is 90.3 cm³/mol. The maximum Gasteiger partial charge on any atom is 0.319 e. The molecule has 0 aromatic heterocycles. The highest BCUT2D eigenvalue weighted by molar-refractivity contribution is 9.10. The maximum absolute atomic E-state index is 12.2. The molecular weight excluding hydrogens is 362 g/mol. The summed E-state index contributed by atoms with van der Waals surface area (Å²) in [5.74, 6) is 0. The lowest BCUT2D eigenvalue weighted by atomic mass is 10.1. The van der Waals surface area contributed by atoms with Crippen LogP contribution < -0.4 is 10.6 Å². The lowest BCUT2D eigenvalue weighted by Crippen LogP contribution is -2.38. The van der Waals surface area contributed by atoms with Crippen molar-refractivity contribution in [3.05, 3.63) is 68.7 Å². The first kappa shape index (κ1) is 15.5. The molecule has 2 aromatic rings. The fourth-order valence-corrected chi connectivity index (χ4v) is 2.72. The van der Waals surface area contributed by atoms with Gasteiger partial charge >= 0.3 is 6.03 Å². The van der Waals surface area contributed by atoms with E-state index in [2.05, 4.69) is 26.6 Å². The van der Waals surface area contributed by atoms with Crippen LogP contribution in [0.5, 0.6) is 0 Å². The predicted octanol–water partition coefficient (Wildman–Crippen LogP) is 4.17. The van der Waals surface area contributed by atoms with Gasteiger partial charge in [0.2, 0.25) is 0 Å². The number of rotatable bonds is 4. The van der Waals surface area contributed by atoms with Crippen molar-refractivity contribution in [2.75, 3.05) is 5.32 Å². The van der Waals surface area contributed by atoms with Crippen molar-refractivity contribution < 1.29 is 9.72 Å². The van der Waals surface area contributed by atoms with Crippen molar-refractivity contribution in [3.63, 3.8) is 0 Å². The molecule has 0 spiro atoms. The summed E-state index contributed by atoms with van der Waals surface area (Å²) in [4.78, 5) is 22.5. The fraction of sp³-hybridized carbons (Fsp3) is 0.188. The number of carbonyl (C=O) groups is 1. The van der Waals surface area contributed by atoms with E-state index in [-0.39, 0.29) is 17.3 Å². The zero-order valence-corrected chi connectivity index (χ0v) is 13.7. The van der Waals surface area contributed by atoms with Gasteiger partial charge in [-0.15, -0.1) is 0 Å². The molecule has 1 aliphatic rings. The van der Waals surface area contributed by atoms with E-state index < -0.39 is 4.92 Å². The molecule has 1 saturated carbocycles. The number of urea groups is 1. The molecule has 2 amide bonds. The Kier molecular flexibility index (Phi) is 4.04. The molecule has 2 N–H and O–H groups in total. The summed E-state index contributed by atoms with van der Waals surface area (Å²) in [6.45, 7) is 0. The van der Waals surface area contributed by atoms with Crippen molar-refractivity contribution >= 4 is 33.3 Å². The summed E-state index contributed by atoms with van der Waals surface area (Å²) in [5, 5.41) is 16.4. The average molecular weight is 376 g/mol. The first-order valence-electron chi connectivity index (χ1n) is 7.08. The normalized spacial score (nSPS) is 14.8. The number of halogens is 1. The second kappa shape index (κ2) is 6.00. The molecule has 23 heavy (non-hydrogen) atoms. The number of nitro groups is 1. The van der Waals surface area contributed by atoms with Gasteiger partial charge in [0.15, 0.2) is 0 Å². The van der Waals surface area contributed by atoms with E-state index in [0.717, 1.165) is 22.9 Å². The van der Waals surface area contributed by atoms with Gasteiger partial charge in [-0.3, -0.25) is 10.1 Å². The van der Waals surface area contributed by atoms with Crippen molar-refractivity contribution in [1.29, 1.82) is 0 Å². The molecule has 3 rings (SSSR count). The third-order valence-corrected chi connectivity index (χ3v) is 4.34. The van der Waals surface area contributed by atoms with Crippen molar-refractivity contribution in [2.24, 2.45) is 0 Å². The molecule has 0 radical (unpaired) electrons. The van der Waals surface area contributed by atoms with Crippen LogP contribution in [0.3, 0.4) is 0 Å². The van der Waals surface area contributed by atoms with Gasteiger partial charge in [-0.2, -0.15) is 0 Å². The number of hydrogen-bond donors (Lipinski definition) is 2. The summed E-state index contributed by atoms with van der Waals surface area (Å²) in [6, 6.07) is 13.3. The summed E-state index contributed by atoms with van der Waals surface area (Å²) in [5.41, 5.74) is 1.04. The number of anilines is 1. The number of nitrogens with zero attached hydrogens (tertiary/aromatic N) is 1. The van der Waals surface area contributed by atoms with Gasteiger partial charge in [-0.05, 0) is 36.6 Å². The Morgan fingerprint density at radius 3 is 2.48 bits per heavy atom. The first-order chi connectivity index (χ1) is 11.0. The van der Waals surface area contributed by atoms with Gasteiger partial charge < -0.3 is 10.6 Å². The highest BCUT2D eigenvalue weighted by atomic mass is 79.9. The Morgan fingerprint density at radius 2 is 1.87 bits per heavy atom. The zero-order chi connectivity index (χ0) is 16.4. The van der Waals surface area contributed by atoms with Crippen molar-refractivity contribution in [3.8, 4) is 0 Å². The summed E-state index contributed by atoms with van der Waals surface area (Å²) in [6.07, 6.45) is 1.74. The molecule has 0 saturated heterocycles. The van der Waals surface area contributed by atoms with E-state index >= 15 is 0 Å². The number of hydrogen-bond acceptors (Lipinski definition) is 3. The SMILES string of the molecule is O=C(Nc1cccc([N+](=O)[O-])c1)NC1(c2ccc(Br)cc2)CC1. The van der Waals surface area contributed by atoms with Crippen LogP contribution in [0.1, 0.15) is 18.4 Å². The molecule has 1 aliphatic carbocycles. The average Bonchev–Trinajstić information content (AvgIpc) is 3.28. The maximum atomic E-state index is 12.2. The molecule has 0 bridgehead atoms. The Morgan fingerprint density at radius 1 is 1.17 bits per heavy atom. The molecular formula is C16H14BrN3O3. The molecule has 0 heterocycles. The largest absolute Gasteiger partial charge is 0.328 e. The number of benzene rings is 2. The smallest absolute Gasteiger partial charge is 0.319 e. The molecule has 0 aliphatic heterocycles. The van der Waals surface area contributed by atoms with Gasteiger partial charge in [0.25, 0.3) is 5.69 Å². The van der Waals surface area contributed by atoms with Crippen molar-refractivity contribution in [1.82, 2.24) is 5.32 Å². The molecule has 6 nitrogen and oxygen atoms in total. The minimum Gasteiger partial charge on any atom is -0.328 e. The number of carbonyl (C=O) groups excluding carboxylic acids is 1. The minimum absolute atomic E-state index is 0.0585. The van der Waals surface area contributed by atoms with E-state index in [4.69, 9.17) is 0 Å². The van der Waals surface area contributed by atoms with Gasteiger partial charge in [0, 0.05) is 22.3 Å². The molecule has 7 heteroatoms. The van der Waals surface area contributed by atoms with Crippen LogP contribution in [0, 0.1) is 10.1 Å². The molecule has 2 aromatic carbocycles. The fourth-order valence-electron chi connectivity index (χ4n) is 2.46. The van der Waals surface area contributed by atoms with Crippen LogP contribution in [0.25, 0.3) is 0 Å². The number of non-ortho nitro benzene ring substituents is 1. The number of nitro benzene ring substituents is 1. The Balaban J connectivity index is 1.69. The van der Waals surface area contributed by atoms with E-state index in [9.17, 15) is 14.9 Å². The van der Waals surface area contributed by atoms with Crippen LogP contribution in [0.15, 0.2) is 53.0 Å². The highest BCUT2D eigenvalue weighted by Crippen LogP contribution is 2.45. The number of amides is 2. The monoisotopic (exact) mass is 375 g/mol. The summed E-state index contributed by atoms with van der Waals surface area (Å²) < 4.78 is 0.984. The molecule has 1 fully saturated rings. The van der Waals surface area contributed by atoms with E-state index in [1.54, 1.807) is 6.07 Å². The lowest BCUT2D eigenvalue weighted by Gasteiger charge is -2.18. The Bertz CT molecular complexity index is 757. The standard InChI is InChI=1S/C16H14BrN3O3/c17-12-6-4-11(5-7-12)16(8-9-16)19-15(21)18-13-2-1-3-14(10-13)20(22)23/h1-7,10H,8-9H2,(H2,18,19,21). The van der Waals surface area contributed by atoms with Gasteiger partial charge in [0.1, 0.15) is 0 Å². The van der Waals surface area contributed by atoms with E-state index in [0.29, 0.717) is 5.69 Å². The van der Waals surface area contributed by atoms with E-state index in [1.807, 2.05) is 24.3 Å². The van der Waals surface area contributed by atoms with Crippen molar-refractivity contribution in [2.45, 2.75) is 18.4 Å². The van der Waals surface area contributed by atoms with Gasteiger partial charge in [0.05, 0.1) is 10.5 Å². The van der Waals surface area contributed by atoms with Gasteiger partial charge in [-0.1, -0.05) is 34.1 Å². The van der Waals surface area contributed by atoms with Gasteiger partial charge in [-0.25, -0.2) is 4.79 Å². The molecule has 0 unspecified atom stereocenters. The van der Waals surface area contributed by atoms with Crippen LogP contribution >= 0.6 is 15.9 Å². The first-order valence-corrected chi connectivity index (χ1v) is 7.87. The highest BCUT2D eigenvalue weighted by Gasteiger charge is 2.45. The Hall–Kier alpha value is -2.41. The quantitative estimate of drug-likeness (QED) is 0.621. The Labute approximate surface area is 141 Å². The zero-order valence-electron chi connectivity index (χ0n) is 12.1. The van der Waals surface area contributed by atoms with Crippen LogP contribution in [-0.2, 0) is 5.54 Å². The van der Waals surface area contributed by atoms with E-state index in [1.165, 1.54) is 18.2 Å². The topological polar surface area (TPSA) is 84.3 Å². The molecule has 118 valence electrons. The van der Waals surface area contributed by atoms with Crippen LogP contribution in [0.2, 0.25) is 0 Å². The third kappa shape index (κ3) is 3.50. The number of nitrogens with one attached hydrogen (secondary N) is 2. The third-order valence-electron chi connectivity index (χ3n) is 3.81. The summed E-state index contributed by atoms with van der Waals surface area (Å²) in [7, 11) is 0. The summed E-state index contributed by atoms with van der Waals surface area (Å²) >= 11 is 3.39. The minimum atomic E-state index is -0.493. The second-order valence-corrected chi connectivity index (χ2v) is 6.39. The molecule has 0 atom stereocenters. The van der Waals surface area contributed by atoms with Crippen LogP contribution in [0.4, 0.5) is 16.2 Å².